The van der Waals surface area contributed by atoms with Crippen LogP contribution in [0.15, 0.2) is 12.2 Å². The zero-order valence-electron chi connectivity index (χ0n) is 36.5. The minimum atomic E-state index is -1.78. The Morgan fingerprint density at radius 2 is 1.07 bits per heavy atom. The summed E-state index contributed by atoms with van der Waals surface area (Å²) in [7, 11) is 0. The number of carbonyl (C=O) groups excluding carboxylic acids is 1. The van der Waals surface area contributed by atoms with Gasteiger partial charge in [0, 0.05) is 6.42 Å². The predicted octanol–water partition coefficient (Wildman–Crippen LogP) is 4.82. The minimum absolute atomic E-state index is 0.218. The van der Waals surface area contributed by atoms with Crippen molar-refractivity contribution in [2.75, 3.05) is 19.8 Å². The molecule has 0 spiro atoms. The SMILES string of the molecule is CCCCCCC/C=C\CCCCCCCC(=O)NC(COC1OC(CO)C(OC2OC(CO)C(O)C(O)C2O)C(O)C1O)C(O)CCCCCCCCCCCCC. The molecule has 0 aliphatic carbocycles. The topological polar surface area (TPSA) is 228 Å². The third-order valence-corrected chi connectivity index (χ3v) is 11.7. The zero-order valence-corrected chi connectivity index (χ0v) is 36.5. The van der Waals surface area contributed by atoms with Crippen LogP contribution in [0, 0.1) is 0 Å². The average Bonchev–Trinajstić information content (AvgIpc) is 3.23. The van der Waals surface area contributed by atoms with Crippen molar-refractivity contribution >= 4 is 5.91 Å². The van der Waals surface area contributed by atoms with Crippen LogP contribution in [0.1, 0.15) is 174 Å². The number of hydrogen-bond donors (Lipinski definition) is 9. The van der Waals surface area contributed by atoms with Gasteiger partial charge in [0.25, 0.3) is 0 Å². The first kappa shape index (κ1) is 53.9. The van der Waals surface area contributed by atoms with Crippen LogP contribution in [0.25, 0.3) is 0 Å². The van der Waals surface area contributed by atoms with Gasteiger partial charge >= 0.3 is 0 Å². The Bertz CT molecular complexity index is 1050. The molecule has 14 heteroatoms. The molecule has 348 valence electrons. The fourth-order valence-electron chi connectivity index (χ4n) is 7.82. The van der Waals surface area contributed by atoms with Gasteiger partial charge in [-0.05, 0) is 38.5 Å². The highest BCUT2D eigenvalue weighted by Crippen LogP contribution is 2.30. The Labute approximate surface area is 355 Å². The molecule has 59 heavy (non-hydrogen) atoms. The van der Waals surface area contributed by atoms with Gasteiger partial charge in [-0.15, -0.1) is 0 Å². The molecule has 0 saturated carbocycles. The number of amides is 1. The van der Waals surface area contributed by atoms with Gasteiger partial charge in [-0.3, -0.25) is 4.79 Å². The lowest BCUT2D eigenvalue weighted by molar-refractivity contribution is -0.359. The van der Waals surface area contributed by atoms with Crippen LogP contribution in [-0.4, -0.2) is 140 Å². The highest BCUT2D eigenvalue weighted by atomic mass is 16.7. The molecule has 12 atom stereocenters. The number of aliphatic hydroxyl groups is 8. The standard InChI is InChI=1S/C45H85NO13/c1-3-5-7-9-11-13-15-16-17-19-21-23-25-27-29-37(50)46-33(34(49)28-26-24-22-20-18-14-12-10-8-6-4-2)32-56-44-42(55)40(53)43(36(31-48)58-44)59-45-41(54)39(52)38(51)35(30-47)57-45/h15-16,33-36,38-45,47-49,51-55H,3-14,17-32H2,1-2H3,(H,46,50)/b16-15-. The van der Waals surface area contributed by atoms with Gasteiger partial charge in [0.2, 0.25) is 5.91 Å². The Hall–Kier alpha value is -1.27. The lowest BCUT2D eigenvalue weighted by atomic mass is 9.97. The van der Waals surface area contributed by atoms with Gasteiger partial charge in [0.1, 0.15) is 48.8 Å². The van der Waals surface area contributed by atoms with Crippen LogP contribution >= 0.6 is 0 Å². The summed E-state index contributed by atoms with van der Waals surface area (Å²) in [6.45, 7) is 2.80. The molecule has 2 aliphatic heterocycles. The molecule has 2 rings (SSSR count). The van der Waals surface area contributed by atoms with Crippen molar-refractivity contribution in [2.24, 2.45) is 0 Å². The van der Waals surface area contributed by atoms with Gasteiger partial charge in [-0.2, -0.15) is 0 Å². The number of nitrogens with one attached hydrogen (secondary N) is 1. The summed E-state index contributed by atoms with van der Waals surface area (Å²) >= 11 is 0. The Morgan fingerprint density at radius 3 is 1.61 bits per heavy atom. The third-order valence-electron chi connectivity index (χ3n) is 11.7. The lowest BCUT2D eigenvalue weighted by Gasteiger charge is -2.46. The van der Waals surface area contributed by atoms with Crippen LogP contribution in [-0.2, 0) is 23.7 Å². The van der Waals surface area contributed by atoms with Crippen molar-refractivity contribution in [3.8, 4) is 0 Å². The lowest BCUT2D eigenvalue weighted by Crippen LogP contribution is -2.65. The fraction of sp³-hybridized carbons (Fsp3) is 0.933. The van der Waals surface area contributed by atoms with E-state index >= 15 is 0 Å². The summed E-state index contributed by atoms with van der Waals surface area (Å²) in [5.74, 6) is -0.218. The molecular formula is C45H85NO13. The Kier molecular flexibility index (Phi) is 30.4. The summed E-state index contributed by atoms with van der Waals surface area (Å²) in [5, 5.41) is 86.6. The van der Waals surface area contributed by atoms with Crippen LogP contribution in [0.3, 0.4) is 0 Å². The van der Waals surface area contributed by atoms with Gasteiger partial charge < -0.3 is 65.1 Å². The smallest absolute Gasteiger partial charge is 0.220 e. The monoisotopic (exact) mass is 848 g/mol. The van der Waals surface area contributed by atoms with E-state index in [-0.39, 0.29) is 12.5 Å². The third kappa shape index (κ3) is 21.6. The Balaban J connectivity index is 1.88. The van der Waals surface area contributed by atoms with Gasteiger partial charge in [0.15, 0.2) is 12.6 Å². The van der Waals surface area contributed by atoms with E-state index in [1.54, 1.807) is 0 Å². The second-order valence-corrected chi connectivity index (χ2v) is 16.9. The van der Waals surface area contributed by atoms with Crippen molar-refractivity contribution in [1.82, 2.24) is 5.32 Å². The molecule has 2 aliphatic rings. The number of aliphatic hydroxyl groups excluding tert-OH is 8. The summed E-state index contributed by atoms with van der Waals surface area (Å²) in [5.41, 5.74) is 0. The summed E-state index contributed by atoms with van der Waals surface area (Å²) in [6, 6.07) is -0.826. The maximum Gasteiger partial charge on any atom is 0.220 e. The first-order valence-electron chi connectivity index (χ1n) is 23.4. The summed E-state index contributed by atoms with van der Waals surface area (Å²) < 4.78 is 22.7. The summed E-state index contributed by atoms with van der Waals surface area (Å²) in [4.78, 5) is 13.1. The molecule has 2 fully saturated rings. The normalized spacial score (nSPS) is 28.6. The highest BCUT2D eigenvalue weighted by Gasteiger charge is 2.51. The van der Waals surface area contributed by atoms with Gasteiger partial charge in [-0.25, -0.2) is 0 Å². The first-order valence-corrected chi connectivity index (χ1v) is 23.4. The minimum Gasteiger partial charge on any atom is -0.394 e. The van der Waals surface area contributed by atoms with Crippen molar-refractivity contribution in [1.29, 1.82) is 0 Å². The number of allylic oxidation sites excluding steroid dienone is 2. The molecule has 0 radical (unpaired) electrons. The van der Waals surface area contributed by atoms with E-state index in [9.17, 15) is 45.6 Å². The molecule has 0 aromatic carbocycles. The molecule has 0 aromatic rings. The second-order valence-electron chi connectivity index (χ2n) is 16.9. The summed E-state index contributed by atoms with van der Waals surface area (Å²) in [6.07, 6.45) is 15.1. The molecule has 0 bridgehead atoms. The van der Waals surface area contributed by atoms with Crippen LogP contribution in [0.5, 0.6) is 0 Å². The maximum absolute atomic E-state index is 13.1. The van der Waals surface area contributed by atoms with Gasteiger partial charge in [-0.1, -0.05) is 142 Å². The van der Waals surface area contributed by atoms with Crippen molar-refractivity contribution < 1.29 is 64.6 Å². The van der Waals surface area contributed by atoms with Crippen molar-refractivity contribution in [3.05, 3.63) is 12.2 Å². The van der Waals surface area contributed by atoms with Crippen LogP contribution in [0.4, 0.5) is 0 Å². The number of rotatable bonds is 35. The highest BCUT2D eigenvalue weighted by molar-refractivity contribution is 5.76. The van der Waals surface area contributed by atoms with Crippen LogP contribution in [0.2, 0.25) is 0 Å². The molecule has 14 nitrogen and oxygen atoms in total. The van der Waals surface area contributed by atoms with Crippen molar-refractivity contribution in [2.45, 2.75) is 248 Å². The van der Waals surface area contributed by atoms with Crippen molar-refractivity contribution in [3.63, 3.8) is 0 Å². The molecule has 1 amide bonds. The largest absolute Gasteiger partial charge is 0.394 e. The molecule has 2 saturated heterocycles. The average molecular weight is 848 g/mol. The van der Waals surface area contributed by atoms with E-state index in [1.165, 1.54) is 77.0 Å². The molecule has 9 N–H and O–H groups in total. The van der Waals surface area contributed by atoms with E-state index < -0.39 is 86.8 Å². The van der Waals surface area contributed by atoms with E-state index in [2.05, 4.69) is 31.3 Å². The number of carbonyl (C=O) groups is 1. The molecule has 12 unspecified atom stereocenters. The maximum atomic E-state index is 13.1. The fourth-order valence-corrected chi connectivity index (χ4v) is 7.82. The number of hydrogen-bond acceptors (Lipinski definition) is 13. The molecule has 0 aromatic heterocycles. The predicted molar refractivity (Wildman–Crippen MR) is 226 cm³/mol. The number of ether oxygens (including phenoxy) is 4. The molecule has 2 heterocycles. The first-order chi connectivity index (χ1) is 28.6. The number of unbranched alkanes of at least 4 members (excludes halogenated alkanes) is 20. The molecular weight excluding hydrogens is 762 g/mol. The van der Waals surface area contributed by atoms with E-state index in [4.69, 9.17) is 18.9 Å². The Morgan fingerprint density at radius 1 is 0.593 bits per heavy atom. The van der Waals surface area contributed by atoms with E-state index in [1.807, 2.05) is 0 Å². The second kappa shape index (κ2) is 33.3. The van der Waals surface area contributed by atoms with E-state index in [0.717, 1.165) is 64.2 Å². The zero-order chi connectivity index (χ0) is 43.3. The van der Waals surface area contributed by atoms with Crippen LogP contribution < -0.4 is 5.32 Å². The van der Waals surface area contributed by atoms with E-state index in [0.29, 0.717) is 19.3 Å². The van der Waals surface area contributed by atoms with Gasteiger partial charge in [0.05, 0.1) is 32.0 Å². The quantitative estimate of drug-likeness (QED) is 0.0308.